The number of hydrogen-bond donors (Lipinski definition) is 1. The molecule has 1 saturated heterocycles. The first-order valence-corrected chi connectivity index (χ1v) is 12.4. The molecular formula is C24H30N2O3S. The zero-order chi connectivity index (χ0) is 21.1. The highest BCUT2D eigenvalue weighted by molar-refractivity contribution is 7.89. The topological polar surface area (TPSA) is 66.5 Å². The van der Waals surface area contributed by atoms with Crippen LogP contribution in [0.15, 0.2) is 53.4 Å². The summed E-state index contributed by atoms with van der Waals surface area (Å²) in [5.41, 5.74) is 3.95. The second-order valence-electron chi connectivity index (χ2n) is 8.48. The van der Waals surface area contributed by atoms with Crippen molar-refractivity contribution < 1.29 is 13.2 Å². The summed E-state index contributed by atoms with van der Waals surface area (Å²) in [7, 11) is -3.57. The Balaban J connectivity index is 1.42. The number of amides is 1. The average Bonchev–Trinajstić information content (AvgIpc) is 2.79. The molecule has 1 fully saturated rings. The van der Waals surface area contributed by atoms with Crippen LogP contribution in [-0.2, 0) is 27.7 Å². The SMILES string of the molecule is C[C@H](NC(=O)[C@H]1CCCN(S(=O)(=O)c2ccccc2)C1)c1ccc2c(c1)CCCC2. The Morgan fingerprint density at radius 2 is 1.77 bits per heavy atom. The van der Waals surface area contributed by atoms with Crippen LogP contribution in [0.5, 0.6) is 0 Å². The molecule has 0 unspecified atom stereocenters. The number of rotatable bonds is 5. The summed E-state index contributed by atoms with van der Waals surface area (Å²) in [6.07, 6.45) is 6.14. The van der Waals surface area contributed by atoms with Gasteiger partial charge in [-0.15, -0.1) is 0 Å². The molecule has 2 aliphatic rings. The van der Waals surface area contributed by atoms with Crippen molar-refractivity contribution in [1.82, 2.24) is 9.62 Å². The molecule has 1 amide bonds. The second-order valence-corrected chi connectivity index (χ2v) is 10.4. The molecule has 0 aromatic heterocycles. The van der Waals surface area contributed by atoms with Crippen molar-refractivity contribution in [3.63, 3.8) is 0 Å². The summed E-state index contributed by atoms with van der Waals surface area (Å²) in [6, 6.07) is 14.9. The summed E-state index contributed by atoms with van der Waals surface area (Å²) in [6.45, 7) is 2.70. The maximum Gasteiger partial charge on any atom is 0.243 e. The molecule has 0 bridgehead atoms. The van der Waals surface area contributed by atoms with E-state index in [1.54, 1.807) is 30.3 Å². The lowest BCUT2D eigenvalue weighted by molar-refractivity contribution is -0.126. The fourth-order valence-corrected chi connectivity index (χ4v) is 6.10. The molecular weight excluding hydrogens is 396 g/mol. The van der Waals surface area contributed by atoms with Gasteiger partial charge in [0.2, 0.25) is 15.9 Å². The van der Waals surface area contributed by atoms with Gasteiger partial charge in [0.05, 0.1) is 16.9 Å². The number of piperidine rings is 1. The normalized spacial score (nSPS) is 20.9. The predicted molar refractivity (Wildman–Crippen MR) is 118 cm³/mol. The molecule has 1 N–H and O–H groups in total. The minimum Gasteiger partial charge on any atom is -0.349 e. The molecule has 1 heterocycles. The van der Waals surface area contributed by atoms with Crippen molar-refractivity contribution in [1.29, 1.82) is 0 Å². The first kappa shape index (κ1) is 21.1. The lowest BCUT2D eigenvalue weighted by atomic mass is 9.89. The van der Waals surface area contributed by atoms with Crippen LogP contribution in [0.1, 0.15) is 55.3 Å². The number of sulfonamides is 1. The van der Waals surface area contributed by atoms with Gasteiger partial charge < -0.3 is 5.32 Å². The maximum atomic E-state index is 12.9. The first-order valence-electron chi connectivity index (χ1n) is 10.9. The van der Waals surface area contributed by atoms with E-state index in [9.17, 15) is 13.2 Å². The number of carbonyl (C=O) groups excluding carboxylic acids is 1. The zero-order valence-electron chi connectivity index (χ0n) is 17.5. The van der Waals surface area contributed by atoms with Crippen LogP contribution in [0.4, 0.5) is 0 Å². The Kier molecular flexibility index (Phi) is 6.25. The zero-order valence-corrected chi connectivity index (χ0v) is 18.3. The van der Waals surface area contributed by atoms with E-state index in [1.807, 2.05) is 6.92 Å². The number of fused-ring (bicyclic) bond motifs is 1. The van der Waals surface area contributed by atoms with E-state index in [4.69, 9.17) is 0 Å². The van der Waals surface area contributed by atoms with E-state index >= 15 is 0 Å². The fraction of sp³-hybridized carbons (Fsp3) is 0.458. The molecule has 6 heteroatoms. The highest BCUT2D eigenvalue weighted by Gasteiger charge is 2.33. The van der Waals surface area contributed by atoms with Gasteiger partial charge in [0, 0.05) is 13.1 Å². The minimum absolute atomic E-state index is 0.0619. The molecule has 1 aliphatic heterocycles. The van der Waals surface area contributed by atoms with Gasteiger partial charge >= 0.3 is 0 Å². The third-order valence-electron chi connectivity index (χ3n) is 6.37. The van der Waals surface area contributed by atoms with Gasteiger partial charge in [0.1, 0.15) is 0 Å². The molecule has 4 rings (SSSR count). The summed E-state index contributed by atoms with van der Waals surface area (Å²) >= 11 is 0. The quantitative estimate of drug-likeness (QED) is 0.790. The Morgan fingerprint density at radius 1 is 1.03 bits per heavy atom. The van der Waals surface area contributed by atoms with Crippen molar-refractivity contribution in [3.05, 3.63) is 65.2 Å². The molecule has 30 heavy (non-hydrogen) atoms. The number of aryl methyl sites for hydroxylation is 2. The molecule has 2 aromatic carbocycles. The molecule has 0 spiro atoms. The summed E-state index contributed by atoms with van der Waals surface area (Å²) < 4.78 is 27.3. The van der Waals surface area contributed by atoms with Crippen molar-refractivity contribution in [2.45, 2.75) is 56.4 Å². The Hall–Kier alpha value is -2.18. The average molecular weight is 427 g/mol. The van der Waals surface area contributed by atoms with Crippen LogP contribution in [0.2, 0.25) is 0 Å². The van der Waals surface area contributed by atoms with E-state index < -0.39 is 10.0 Å². The van der Waals surface area contributed by atoms with E-state index in [-0.39, 0.29) is 29.3 Å². The predicted octanol–water partition coefficient (Wildman–Crippen LogP) is 3.84. The van der Waals surface area contributed by atoms with Gasteiger partial charge in [-0.05, 0) is 74.3 Å². The minimum atomic E-state index is -3.57. The van der Waals surface area contributed by atoms with Gasteiger partial charge in [-0.1, -0.05) is 36.4 Å². The van der Waals surface area contributed by atoms with Gasteiger partial charge in [-0.3, -0.25) is 4.79 Å². The van der Waals surface area contributed by atoms with E-state index in [0.29, 0.717) is 19.4 Å². The number of nitrogens with zero attached hydrogens (tertiary/aromatic N) is 1. The smallest absolute Gasteiger partial charge is 0.243 e. The van der Waals surface area contributed by atoms with Crippen LogP contribution in [0.25, 0.3) is 0 Å². The van der Waals surface area contributed by atoms with Gasteiger partial charge in [-0.2, -0.15) is 4.31 Å². The molecule has 0 saturated carbocycles. The van der Waals surface area contributed by atoms with Gasteiger partial charge in [0.25, 0.3) is 0 Å². The molecule has 1 aliphatic carbocycles. The van der Waals surface area contributed by atoms with Crippen LogP contribution in [0.3, 0.4) is 0 Å². The molecule has 2 aromatic rings. The molecule has 2 atom stereocenters. The van der Waals surface area contributed by atoms with Crippen LogP contribution in [0, 0.1) is 5.92 Å². The van der Waals surface area contributed by atoms with Crippen molar-refractivity contribution >= 4 is 15.9 Å². The summed E-state index contributed by atoms with van der Waals surface area (Å²) in [4.78, 5) is 13.2. The van der Waals surface area contributed by atoms with Crippen LogP contribution in [-0.4, -0.2) is 31.7 Å². The van der Waals surface area contributed by atoms with E-state index in [1.165, 1.54) is 28.3 Å². The number of benzene rings is 2. The Bertz CT molecular complexity index is 1000. The van der Waals surface area contributed by atoms with Crippen molar-refractivity contribution in [3.8, 4) is 0 Å². The standard InChI is InChI=1S/C24H30N2O3S/c1-18(20-14-13-19-8-5-6-9-21(19)16-20)25-24(27)22-10-7-15-26(17-22)30(28,29)23-11-3-2-4-12-23/h2-4,11-14,16,18,22H,5-10,15,17H2,1H3,(H,25,27)/t18-,22-/m0/s1. The summed E-state index contributed by atoms with van der Waals surface area (Å²) in [5, 5.41) is 3.12. The highest BCUT2D eigenvalue weighted by atomic mass is 32.2. The molecule has 0 radical (unpaired) electrons. The third-order valence-corrected chi connectivity index (χ3v) is 8.25. The van der Waals surface area contributed by atoms with Gasteiger partial charge in [0.15, 0.2) is 0 Å². The van der Waals surface area contributed by atoms with Crippen LogP contribution < -0.4 is 5.32 Å². The highest BCUT2D eigenvalue weighted by Crippen LogP contribution is 2.27. The third kappa shape index (κ3) is 4.44. The first-order chi connectivity index (χ1) is 14.4. The number of carbonyl (C=O) groups is 1. The lowest BCUT2D eigenvalue weighted by Crippen LogP contribution is -2.45. The Labute approximate surface area is 179 Å². The lowest BCUT2D eigenvalue weighted by Gasteiger charge is -2.32. The monoisotopic (exact) mass is 426 g/mol. The van der Waals surface area contributed by atoms with E-state index in [2.05, 4.69) is 23.5 Å². The van der Waals surface area contributed by atoms with Crippen molar-refractivity contribution in [2.75, 3.05) is 13.1 Å². The largest absolute Gasteiger partial charge is 0.349 e. The second kappa shape index (κ2) is 8.90. The van der Waals surface area contributed by atoms with Crippen molar-refractivity contribution in [2.24, 2.45) is 5.92 Å². The Morgan fingerprint density at radius 3 is 2.53 bits per heavy atom. The fourth-order valence-electron chi connectivity index (χ4n) is 4.55. The maximum absolute atomic E-state index is 12.9. The number of nitrogens with one attached hydrogen (secondary N) is 1. The van der Waals surface area contributed by atoms with Crippen LogP contribution >= 0.6 is 0 Å². The molecule has 160 valence electrons. The molecule has 5 nitrogen and oxygen atoms in total. The number of hydrogen-bond acceptors (Lipinski definition) is 3. The summed E-state index contributed by atoms with van der Waals surface area (Å²) in [5.74, 6) is -0.384. The van der Waals surface area contributed by atoms with Gasteiger partial charge in [-0.25, -0.2) is 8.42 Å². The van der Waals surface area contributed by atoms with E-state index in [0.717, 1.165) is 18.4 Å².